The van der Waals surface area contributed by atoms with Crippen LogP contribution >= 0.6 is 35.7 Å². The highest BCUT2D eigenvalue weighted by Crippen LogP contribution is 2.19. The van der Waals surface area contributed by atoms with Crippen LogP contribution < -0.4 is 5.73 Å². The summed E-state index contributed by atoms with van der Waals surface area (Å²) in [5, 5.41) is 0. The average Bonchev–Trinajstić information content (AvgIpc) is 2.86. The average molecular weight is 434 g/mol. The third-order valence-electron chi connectivity index (χ3n) is 3.56. The first-order chi connectivity index (χ1) is 8.97. The molecule has 6 nitrogen and oxygen atoms in total. The number of guanidine groups is 1. The van der Waals surface area contributed by atoms with Crippen molar-refractivity contribution >= 4 is 51.7 Å². The zero-order valence-corrected chi connectivity index (χ0v) is 15.7. The molecular weight excluding hydrogens is 411 g/mol. The Morgan fingerprint density at radius 2 is 2.00 bits per heavy atom. The van der Waals surface area contributed by atoms with Crippen LogP contribution in [0.25, 0.3) is 0 Å². The van der Waals surface area contributed by atoms with Crippen LogP contribution in [0.5, 0.6) is 0 Å². The minimum Gasteiger partial charge on any atom is -0.370 e. The number of halogens is 1. The molecule has 0 spiro atoms. The van der Waals surface area contributed by atoms with Crippen molar-refractivity contribution in [3.05, 3.63) is 0 Å². The molecule has 2 N–H and O–H groups in total. The molecule has 0 saturated carbocycles. The maximum absolute atomic E-state index is 11.4. The third-order valence-corrected chi connectivity index (χ3v) is 5.78. The predicted molar refractivity (Wildman–Crippen MR) is 95.3 cm³/mol. The van der Waals surface area contributed by atoms with E-state index in [-0.39, 0.29) is 24.0 Å². The Hall–Kier alpha value is 0.260. The van der Waals surface area contributed by atoms with Crippen molar-refractivity contribution < 1.29 is 8.42 Å². The first-order valence-electron chi connectivity index (χ1n) is 6.54. The van der Waals surface area contributed by atoms with E-state index < -0.39 is 10.0 Å². The van der Waals surface area contributed by atoms with Crippen molar-refractivity contribution in [2.75, 3.05) is 50.5 Å². The third kappa shape index (κ3) is 5.23. The van der Waals surface area contributed by atoms with E-state index in [4.69, 9.17) is 5.73 Å². The van der Waals surface area contributed by atoms with Gasteiger partial charge in [0.05, 0.1) is 6.26 Å². The zero-order valence-electron chi connectivity index (χ0n) is 11.7. The highest BCUT2D eigenvalue weighted by Gasteiger charge is 2.28. The summed E-state index contributed by atoms with van der Waals surface area (Å²) in [4.78, 5) is 6.55. The lowest BCUT2D eigenvalue weighted by atomic mass is 10.1. The Kier molecular flexibility index (Phi) is 7.36. The summed E-state index contributed by atoms with van der Waals surface area (Å²) in [5.41, 5.74) is 5.98. The molecule has 118 valence electrons. The van der Waals surface area contributed by atoms with Gasteiger partial charge in [0.25, 0.3) is 0 Å². The molecule has 2 heterocycles. The number of sulfonamides is 1. The quantitative estimate of drug-likeness (QED) is 0.392. The van der Waals surface area contributed by atoms with E-state index in [1.807, 2.05) is 11.8 Å². The fraction of sp³-hybridized carbons (Fsp3) is 0.909. The molecule has 1 unspecified atom stereocenters. The fourth-order valence-electron chi connectivity index (χ4n) is 2.36. The number of rotatable bonds is 3. The summed E-state index contributed by atoms with van der Waals surface area (Å²) in [5.74, 6) is 3.11. The molecule has 0 aromatic heterocycles. The van der Waals surface area contributed by atoms with Gasteiger partial charge in [0.1, 0.15) is 0 Å². The fourth-order valence-corrected chi connectivity index (χ4v) is 4.18. The van der Waals surface area contributed by atoms with Gasteiger partial charge < -0.3 is 10.6 Å². The van der Waals surface area contributed by atoms with Crippen LogP contribution in [0.4, 0.5) is 0 Å². The van der Waals surface area contributed by atoms with Crippen molar-refractivity contribution in [3.63, 3.8) is 0 Å². The van der Waals surface area contributed by atoms with E-state index in [0.717, 1.165) is 31.0 Å². The summed E-state index contributed by atoms with van der Waals surface area (Å²) >= 11 is 1.94. The van der Waals surface area contributed by atoms with Crippen molar-refractivity contribution in [1.82, 2.24) is 9.21 Å². The molecule has 9 heteroatoms. The van der Waals surface area contributed by atoms with E-state index in [9.17, 15) is 8.42 Å². The van der Waals surface area contributed by atoms with E-state index in [1.165, 1.54) is 10.6 Å². The topological polar surface area (TPSA) is 79.0 Å². The van der Waals surface area contributed by atoms with Gasteiger partial charge in [-0.1, -0.05) is 0 Å². The smallest absolute Gasteiger partial charge is 0.211 e. The first-order valence-corrected chi connectivity index (χ1v) is 9.55. The monoisotopic (exact) mass is 434 g/mol. The lowest BCUT2D eigenvalue weighted by molar-refractivity contribution is 0.447. The number of nitrogens with two attached hydrogens (primary N) is 1. The maximum atomic E-state index is 11.4. The van der Waals surface area contributed by atoms with Crippen LogP contribution in [-0.4, -0.2) is 74.1 Å². The lowest BCUT2D eigenvalue weighted by Crippen LogP contribution is -2.43. The Bertz CT molecular complexity index is 438. The lowest BCUT2D eigenvalue weighted by Gasteiger charge is -2.27. The standard InChI is InChI=1S/C11H22N4O2S2.HI/c1-19(16,17)15-3-2-10(9-15)8-13-11(12)14-4-6-18-7-5-14;/h10H,2-9H2,1H3,(H2,12,13);1H. The van der Waals surface area contributed by atoms with Gasteiger partial charge in [-0.2, -0.15) is 11.8 Å². The molecule has 20 heavy (non-hydrogen) atoms. The largest absolute Gasteiger partial charge is 0.370 e. The molecular formula is C11H23IN4O2S2. The summed E-state index contributed by atoms with van der Waals surface area (Å²) in [6.07, 6.45) is 2.14. The summed E-state index contributed by atoms with van der Waals surface area (Å²) in [7, 11) is -3.05. The minimum atomic E-state index is -3.05. The van der Waals surface area contributed by atoms with E-state index in [0.29, 0.717) is 31.5 Å². The van der Waals surface area contributed by atoms with Crippen LogP contribution in [0.2, 0.25) is 0 Å². The number of aliphatic imine (C=N–C) groups is 1. The van der Waals surface area contributed by atoms with Crippen molar-refractivity contribution in [1.29, 1.82) is 0 Å². The molecule has 2 aliphatic rings. The normalized spacial score (nSPS) is 25.6. The molecule has 2 saturated heterocycles. The Morgan fingerprint density at radius 3 is 2.55 bits per heavy atom. The van der Waals surface area contributed by atoms with E-state index >= 15 is 0 Å². The minimum absolute atomic E-state index is 0. The summed E-state index contributed by atoms with van der Waals surface area (Å²) in [6, 6.07) is 0. The second-order valence-electron chi connectivity index (χ2n) is 5.07. The van der Waals surface area contributed by atoms with Crippen LogP contribution in [-0.2, 0) is 10.0 Å². The number of nitrogens with zero attached hydrogens (tertiary/aromatic N) is 3. The van der Waals surface area contributed by atoms with Gasteiger partial charge in [-0.15, -0.1) is 24.0 Å². The number of hydrogen-bond acceptors (Lipinski definition) is 4. The highest BCUT2D eigenvalue weighted by atomic mass is 127. The van der Waals surface area contributed by atoms with Crippen LogP contribution in [0.3, 0.4) is 0 Å². The van der Waals surface area contributed by atoms with Gasteiger partial charge in [-0.05, 0) is 12.3 Å². The first kappa shape index (κ1) is 18.3. The SMILES string of the molecule is CS(=O)(=O)N1CCC(CN=C(N)N2CCSCC2)C1.I. The number of hydrogen-bond donors (Lipinski definition) is 1. The van der Waals surface area contributed by atoms with E-state index in [2.05, 4.69) is 9.89 Å². The zero-order chi connectivity index (χ0) is 13.9. The van der Waals surface area contributed by atoms with Crippen LogP contribution in [0.15, 0.2) is 4.99 Å². The van der Waals surface area contributed by atoms with E-state index in [1.54, 1.807) is 0 Å². The highest BCUT2D eigenvalue weighted by molar-refractivity contribution is 14.0. The Labute approximate surface area is 142 Å². The molecule has 0 bridgehead atoms. The molecule has 0 aliphatic carbocycles. The van der Waals surface area contributed by atoms with Gasteiger partial charge in [-0.3, -0.25) is 4.99 Å². The molecule has 0 aromatic carbocycles. The second kappa shape index (κ2) is 8.04. The molecule has 0 amide bonds. The molecule has 2 aliphatic heterocycles. The summed E-state index contributed by atoms with van der Waals surface area (Å²) in [6.45, 7) is 3.73. The predicted octanol–water partition coefficient (Wildman–Crippen LogP) is 0.249. The molecule has 0 aromatic rings. The Balaban J connectivity index is 0.00000200. The van der Waals surface area contributed by atoms with Gasteiger partial charge in [-0.25, -0.2) is 12.7 Å². The van der Waals surface area contributed by atoms with Gasteiger partial charge in [0.2, 0.25) is 10.0 Å². The van der Waals surface area contributed by atoms with Gasteiger partial charge >= 0.3 is 0 Å². The van der Waals surface area contributed by atoms with Crippen molar-refractivity contribution in [2.24, 2.45) is 16.6 Å². The number of thioether (sulfide) groups is 1. The Morgan fingerprint density at radius 1 is 1.35 bits per heavy atom. The molecule has 1 atom stereocenters. The van der Waals surface area contributed by atoms with Crippen molar-refractivity contribution in [2.45, 2.75) is 6.42 Å². The van der Waals surface area contributed by atoms with Crippen LogP contribution in [0, 0.1) is 5.92 Å². The molecule has 0 radical (unpaired) electrons. The second-order valence-corrected chi connectivity index (χ2v) is 8.28. The van der Waals surface area contributed by atoms with Crippen molar-refractivity contribution in [3.8, 4) is 0 Å². The van der Waals surface area contributed by atoms with Gasteiger partial charge in [0.15, 0.2) is 5.96 Å². The molecule has 2 fully saturated rings. The molecule has 2 rings (SSSR count). The van der Waals surface area contributed by atoms with Crippen LogP contribution in [0.1, 0.15) is 6.42 Å². The van der Waals surface area contributed by atoms with Gasteiger partial charge in [0, 0.05) is 44.2 Å². The summed E-state index contributed by atoms with van der Waals surface area (Å²) < 4.78 is 24.4. The maximum Gasteiger partial charge on any atom is 0.211 e.